The summed E-state index contributed by atoms with van der Waals surface area (Å²) in [6.07, 6.45) is 17.1. The van der Waals surface area contributed by atoms with E-state index in [1.54, 1.807) is 5.57 Å². The summed E-state index contributed by atoms with van der Waals surface area (Å²) in [5.74, 6) is 5.52. The fourth-order valence-corrected chi connectivity index (χ4v) is 8.73. The van der Waals surface area contributed by atoms with E-state index in [4.69, 9.17) is 0 Å². The maximum atomic E-state index is 10.2. The third-order valence-corrected chi connectivity index (χ3v) is 10.3. The molecular weight excluding hydrogens is 340 g/mol. The van der Waals surface area contributed by atoms with Crippen molar-refractivity contribution < 1.29 is 5.11 Å². The summed E-state index contributed by atoms with van der Waals surface area (Å²) in [5, 5.41) is 10.2. The molecule has 0 saturated heterocycles. The number of rotatable bonds is 5. The predicted molar refractivity (Wildman–Crippen MR) is 119 cm³/mol. The van der Waals surface area contributed by atoms with Crippen molar-refractivity contribution in [1.82, 2.24) is 0 Å². The maximum absolute atomic E-state index is 10.2. The van der Waals surface area contributed by atoms with Gasteiger partial charge in [0.1, 0.15) is 0 Å². The second-order valence-electron chi connectivity index (χ2n) is 12.2. The zero-order valence-corrected chi connectivity index (χ0v) is 19.3. The van der Waals surface area contributed by atoms with Gasteiger partial charge in [0.15, 0.2) is 0 Å². The van der Waals surface area contributed by atoms with Crippen molar-refractivity contribution in [3.05, 3.63) is 11.6 Å². The highest BCUT2D eigenvalue weighted by atomic mass is 16.3. The lowest BCUT2D eigenvalue weighted by Crippen LogP contribution is -2.51. The molecule has 1 N–H and O–H groups in total. The van der Waals surface area contributed by atoms with Gasteiger partial charge in [0.2, 0.25) is 0 Å². The molecule has 160 valence electrons. The number of aliphatic hydroxyl groups excluding tert-OH is 1. The largest absolute Gasteiger partial charge is 0.389 e. The summed E-state index contributed by atoms with van der Waals surface area (Å²) in [6.45, 7) is 12.6. The van der Waals surface area contributed by atoms with E-state index in [-0.39, 0.29) is 6.10 Å². The van der Waals surface area contributed by atoms with Crippen LogP contribution in [0, 0.1) is 46.3 Å². The normalized spacial score (nSPS) is 46.5. The van der Waals surface area contributed by atoms with Gasteiger partial charge in [-0.25, -0.2) is 0 Å². The average molecular weight is 387 g/mol. The molecule has 1 heteroatoms. The SMILES string of the molecule is CC(C)CCCC(C)C1CCC2C3CCC4=CC(O)CC[C@]4(C)C3CCC12C. The second-order valence-corrected chi connectivity index (χ2v) is 12.2. The van der Waals surface area contributed by atoms with Crippen molar-refractivity contribution in [1.29, 1.82) is 0 Å². The molecular formula is C27H46O. The third kappa shape index (κ3) is 3.42. The van der Waals surface area contributed by atoms with Gasteiger partial charge >= 0.3 is 0 Å². The van der Waals surface area contributed by atoms with Gasteiger partial charge in [0.05, 0.1) is 6.10 Å². The second kappa shape index (κ2) is 7.75. The summed E-state index contributed by atoms with van der Waals surface area (Å²) >= 11 is 0. The highest BCUT2D eigenvalue weighted by Crippen LogP contribution is 2.67. The van der Waals surface area contributed by atoms with Gasteiger partial charge in [-0.15, -0.1) is 0 Å². The predicted octanol–water partition coefficient (Wildman–Crippen LogP) is 7.39. The summed E-state index contributed by atoms with van der Waals surface area (Å²) in [4.78, 5) is 0. The fraction of sp³-hybridized carbons (Fsp3) is 0.926. The van der Waals surface area contributed by atoms with Crippen LogP contribution < -0.4 is 0 Å². The topological polar surface area (TPSA) is 20.2 Å². The standard InChI is InChI=1S/C27H46O/c1-18(2)7-6-8-19(3)23-11-12-24-22-10-9-20-17-21(28)13-15-26(20,4)25(22)14-16-27(23,24)5/h17-19,21-25,28H,6-16H2,1-5H3/t19?,21?,22?,23?,24?,25?,26-,27?/m0/s1. The molecule has 8 atom stereocenters. The van der Waals surface area contributed by atoms with E-state index < -0.39 is 0 Å². The summed E-state index contributed by atoms with van der Waals surface area (Å²) < 4.78 is 0. The zero-order chi connectivity index (χ0) is 20.1. The van der Waals surface area contributed by atoms with E-state index in [1.165, 1.54) is 64.2 Å². The molecule has 0 heterocycles. The molecule has 4 aliphatic carbocycles. The van der Waals surface area contributed by atoms with Crippen LogP contribution in [-0.2, 0) is 0 Å². The van der Waals surface area contributed by atoms with E-state index in [2.05, 4.69) is 40.7 Å². The lowest BCUT2D eigenvalue weighted by Gasteiger charge is -2.59. The number of hydrogen-bond acceptors (Lipinski definition) is 1. The molecule has 28 heavy (non-hydrogen) atoms. The maximum Gasteiger partial charge on any atom is 0.0724 e. The van der Waals surface area contributed by atoms with Crippen molar-refractivity contribution in [3.8, 4) is 0 Å². The number of fused-ring (bicyclic) bond motifs is 5. The highest BCUT2D eigenvalue weighted by Gasteiger charge is 2.59. The van der Waals surface area contributed by atoms with Crippen LogP contribution in [0.5, 0.6) is 0 Å². The first-order valence-corrected chi connectivity index (χ1v) is 12.6. The molecule has 4 aliphatic rings. The van der Waals surface area contributed by atoms with Crippen molar-refractivity contribution in [2.75, 3.05) is 0 Å². The first-order valence-electron chi connectivity index (χ1n) is 12.6. The Hall–Kier alpha value is -0.300. The van der Waals surface area contributed by atoms with Crippen LogP contribution in [-0.4, -0.2) is 11.2 Å². The van der Waals surface area contributed by atoms with Gasteiger partial charge < -0.3 is 5.11 Å². The Bertz CT molecular complexity index is 591. The van der Waals surface area contributed by atoms with Gasteiger partial charge in [-0.2, -0.15) is 0 Å². The molecule has 0 aromatic carbocycles. The van der Waals surface area contributed by atoms with Gasteiger partial charge in [-0.05, 0) is 97.7 Å². The molecule has 0 aliphatic heterocycles. The van der Waals surface area contributed by atoms with Gasteiger partial charge in [0, 0.05) is 0 Å². The molecule has 1 nitrogen and oxygen atoms in total. The van der Waals surface area contributed by atoms with Crippen LogP contribution in [0.25, 0.3) is 0 Å². The Labute approximate surface area is 174 Å². The van der Waals surface area contributed by atoms with E-state index in [9.17, 15) is 5.11 Å². The van der Waals surface area contributed by atoms with Crippen LogP contribution in [0.4, 0.5) is 0 Å². The Morgan fingerprint density at radius 1 is 0.964 bits per heavy atom. The monoisotopic (exact) mass is 386 g/mol. The molecule has 3 fully saturated rings. The van der Waals surface area contributed by atoms with Crippen LogP contribution in [0.15, 0.2) is 11.6 Å². The molecule has 0 radical (unpaired) electrons. The number of allylic oxidation sites excluding steroid dienone is 1. The van der Waals surface area contributed by atoms with Gasteiger partial charge in [0.25, 0.3) is 0 Å². The van der Waals surface area contributed by atoms with E-state index in [1.807, 2.05) is 0 Å². The number of aliphatic hydroxyl groups is 1. The lowest BCUT2D eigenvalue weighted by atomic mass is 9.46. The van der Waals surface area contributed by atoms with Crippen LogP contribution in [0.2, 0.25) is 0 Å². The van der Waals surface area contributed by atoms with Gasteiger partial charge in [-0.1, -0.05) is 65.5 Å². The fourth-order valence-electron chi connectivity index (χ4n) is 8.73. The molecule has 0 aromatic heterocycles. The van der Waals surface area contributed by atoms with E-state index in [0.717, 1.165) is 41.9 Å². The first kappa shape index (κ1) is 21.0. The third-order valence-electron chi connectivity index (χ3n) is 10.3. The van der Waals surface area contributed by atoms with Crippen molar-refractivity contribution >= 4 is 0 Å². The summed E-state index contributed by atoms with van der Waals surface area (Å²) in [6, 6.07) is 0. The van der Waals surface area contributed by atoms with Crippen LogP contribution >= 0.6 is 0 Å². The van der Waals surface area contributed by atoms with Crippen LogP contribution in [0.3, 0.4) is 0 Å². The highest BCUT2D eigenvalue weighted by molar-refractivity contribution is 5.25. The smallest absolute Gasteiger partial charge is 0.0724 e. The molecule has 0 spiro atoms. The van der Waals surface area contributed by atoms with E-state index in [0.29, 0.717) is 10.8 Å². The minimum Gasteiger partial charge on any atom is -0.389 e. The molecule has 3 saturated carbocycles. The molecule has 0 amide bonds. The van der Waals surface area contributed by atoms with Gasteiger partial charge in [-0.3, -0.25) is 0 Å². The van der Waals surface area contributed by atoms with Crippen molar-refractivity contribution in [3.63, 3.8) is 0 Å². The average Bonchev–Trinajstić information content (AvgIpc) is 2.99. The summed E-state index contributed by atoms with van der Waals surface area (Å²) in [5.41, 5.74) is 2.61. The van der Waals surface area contributed by atoms with Crippen molar-refractivity contribution in [2.24, 2.45) is 46.3 Å². The Kier molecular flexibility index (Phi) is 5.80. The Morgan fingerprint density at radius 3 is 2.50 bits per heavy atom. The Balaban J connectivity index is 1.48. The lowest BCUT2D eigenvalue weighted by molar-refractivity contribution is -0.0626. The molecule has 4 rings (SSSR count). The number of hydrogen-bond donors (Lipinski definition) is 1. The quantitative estimate of drug-likeness (QED) is 0.488. The minimum absolute atomic E-state index is 0.170. The first-order chi connectivity index (χ1) is 13.3. The van der Waals surface area contributed by atoms with E-state index >= 15 is 0 Å². The molecule has 0 bridgehead atoms. The molecule has 0 aromatic rings. The summed E-state index contributed by atoms with van der Waals surface area (Å²) in [7, 11) is 0. The Morgan fingerprint density at radius 2 is 1.75 bits per heavy atom. The van der Waals surface area contributed by atoms with Crippen LogP contribution in [0.1, 0.15) is 105 Å². The van der Waals surface area contributed by atoms with Crippen molar-refractivity contribution in [2.45, 2.75) is 111 Å². The molecule has 7 unspecified atom stereocenters. The minimum atomic E-state index is -0.170. The zero-order valence-electron chi connectivity index (χ0n) is 19.3.